The second kappa shape index (κ2) is 8.87. The maximum atomic E-state index is 14.7. The number of unbranched alkanes of at least 4 members (excludes halogenated alkanes) is 1. The number of halogens is 2. The average Bonchev–Trinajstić information content (AvgIpc) is 2.98. The number of rotatable bonds is 8. The van der Waals surface area contributed by atoms with Crippen LogP contribution in [0.2, 0.25) is 0 Å². The summed E-state index contributed by atoms with van der Waals surface area (Å²) in [5, 5.41) is 10.7. The second-order valence-corrected chi connectivity index (χ2v) is 6.81. The Labute approximate surface area is 163 Å². The molecule has 0 amide bonds. The van der Waals surface area contributed by atoms with Crippen LogP contribution in [0.25, 0.3) is 10.9 Å². The largest absolute Gasteiger partial charge is 0.494 e. The molecule has 0 fully saturated rings. The molecule has 2 aromatic carbocycles. The van der Waals surface area contributed by atoms with E-state index in [0.717, 1.165) is 32.4 Å². The molecule has 0 radical (unpaired) electrons. The second-order valence-electron chi connectivity index (χ2n) is 6.81. The molecule has 0 aliphatic heterocycles. The molecule has 1 heterocycles. The predicted molar refractivity (Wildman–Crippen MR) is 111 cm³/mol. The van der Waals surface area contributed by atoms with Gasteiger partial charge in [0.15, 0.2) is 5.88 Å². The Balaban J connectivity index is 1.85. The zero-order valence-corrected chi connectivity index (χ0v) is 16.2. The first kappa shape index (κ1) is 19.9. The molecular formula is C22H25F2N3O. The van der Waals surface area contributed by atoms with Crippen molar-refractivity contribution in [2.24, 2.45) is 4.99 Å². The number of anilines is 1. The van der Waals surface area contributed by atoms with Crippen LogP contribution in [0, 0.1) is 11.6 Å². The zero-order valence-electron chi connectivity index (χ0n) is 16.2. The first-order valence-corrected chi connectivity index (χ1v) is 9.62. The number of nitrogens with one attached hydrogen (secondary N) is 1. The highest BCUT2D eigenvalue weighted by atomic mass is 19.1. The fourth-order valence-corrected chi connectivity index (χ4v) is 3.25. The van der Waals surface area contributed by atoms with Crippen LogP contribution in [0.1, 0.15) is 38.7 Å². The number of nitrogens with zero attached hydrogens (tertiary/aromatic N) is 2. The summed E-state index contributed by atoms with van der Waals surface area (Å²) in [7, 11) is 0. The number of aliphatic imine (C=N–C) groups is 1. The molecule has 0 aliphatic carbocycles. The summed E-state index contributed by atoms with van der Waals surface area (Å²) in [5.41, 5.74) is 1.95. The number of aromatic amines is 1. The molecule has 4 nitrogen and oxygen atoms in total. The Morgan fingerprint density at radius 3 is 2.61 bits per heavy atom. The number of hydrogen-bond donors (Lipinski definition) is 2. The quantitative estimate of drug-likeness (QED) is 0.473. The van der Waals surface area contributed by atoms with Crippen molar-refractivity contribution >= 4 is 28.5 Å². The normalized spacial score (nSPS) is 11.6. The van der Waals surface area contributed by atoms with Gasteiger partial charge in [-0.05, 0) is 43.2 Å². The summed E-state index contributed by atoms with van der Waals surface area (Å²) in [6.45, 7) is 5.82. The molecule has 28 heavy (non-hydrogen) atoms. The average molecular weight is 385 g/mol. The third-order valence-corrected chi connectivity index (χ3v) is 4.67. The Morgan fingerprint density at radius 1 is 1.07 bits per heavy atom. The molecule has 1 aromatic heterocycles. The minimum Gasteiger partial charge on any atom is -0.494 e. The van der Waals surface area contributed by atoms with E-state index in [1.54, 1.807) is 18.2 Å². The fraction of sp³-hybridized carbons (Fsp3) is 0.318. The standard InChI is InChI=1S/C22H25F2N3O/c1-3-5-11-27(10-4-2)21-9-7-16(13-19(21)24)25-14-18-17-8-6-15(23)12-20(17)26-22(18)28/h6-9,12-14,26,28H,3-5,10-11H2,1-2H3. The lowest BCUT2D eigenvalue weighted by Gasteiger charge is -2.24. The molecule has 0 aliphatic rings. The highest BCUT2D eigenvalue weighted by molar-refractivity contribution is 6.02. The topological polar surface area (TPSA) is 51.6 Å². The molecule has 6 heteroatoms. The lowest BCUT2D eigenvalue weighted by molar-refractivity contribution is 0.457. The fourth-order valence-electron chi connectivity index (χ4n) is 3.25. The van der Waals surface area contributed by atoms with E-state index in [0.29, 0.717) is 27.8 Å². The third kappa shape index (κ3) is 4.32. The summed E-state index contributed by atoms with van der Waals surface area (Å²) in [6.07, 6.45) is 4.48. The molecule has 0 unspecified atom stereocenters. The number of aromatic nitrogens is 1. The van der Waals surface area contributed by atoms with Gasteiger partial charge in [-0.15, -0.1) is 0 Å². The van der Waals surface area contributed by atoms with Gasteiger partial charge in [0.25, 0.3) is 0 Å². The van der Waals surface area contributed by atoms with Gasteiger partial charge in [-0.3, -0.25) is 4.99 Å². The Kier molecular flexibility index (Phi) is 6.29. The summed E-state index contributed by atoms with van der Waals surface area (Å²) >= 11 is 0. The maximum Gasteiger partial charge on any atom is 0.198 e. The molecule has 0 atom stereocenters. The van der Waals surface area contributed by atoms with E-state index < -0.39 is 5.82 Å². The van der Waals surface area contributed by atoms with Crippen molar-refractivity contribution < 1.29 is 13.9 Å². The number of hydrogen-bond acceptors (Lipinski definition) is 3. The van der Waals surface area contributed by atoms with Crippen molar-refractivity contribution in [2.45, 2.75) is 33.1 Å². The number of benzene rings is 2. The van der Waals surface area contributed by atoms with Gasteiger partial charge < -0.3 is 15.0 Å². The van der Waals surface area contributed by atoms with Gasteiger partial charge in [-0.2, -0.15) is 0 Å². The monoisotopic (exact) mass is 385 g/mol. The minimum absolute atomic E-state index is 0.102. The van der Waals surface area contributed by atoms with Gasteiger partial charge in [0.05, 0.1) is 22.5 Å². The van der Waals surface area contributed by atoms with E-state index in [4.69, 9.17) is 0 Å². The van der Waals surface area contributed by atoms with Gasteiger partial charge in [-0.25, -0.2) is 8.78 Å². The van der Waals surface area contributed by atoms with Crippen LogP contribution in [0.5, 0.6) is 5.88 Å². The van der Waals surface area contributed by atoms with Crippen LogP contribution in [0.15, 0.2) is 41.4 Å². The molecule has 148 valence electrons. The van der Waals surface area contributed by atoms with E-state index in [9.17, 15) is 13.9 Å². The van der Waals surface area contributed by atoms with E-state index in [1.807, 2.05) is 0 Å². The number of aromatic hydroxyl groups is 1. The first-order valence-electron chi connectivity index (χ1n) is 9.62. The Hall–Kier alpha value is -2.89. The zero-order chi connectivity index (χ0) is 20.1. The summed E-state index contributed by atoms with van der Waals surface area (Å²) < 4.78 is 28.0. The highest BCUT2D eigenvalue weighted by Crippen LogP contribution is 2.28. The van der Waals surface area contributed by atoms with Crippen LogP contribution in [0.3, 0.4) is 0 Å². The van der Waals surface area contributed by atoms with Gasteiger partial charge >= 0.3 is 0 Å². The van der Waals surface area contributed by atoms with Crippen molar-refractivity contribution in [1.82, 2.24) is 4.98 Å². The summed E-state index contributed by atoms with van der Waals surface area (Å²) in [6, 6.07) is 9.10. The van der Waals surface area contributed by atoms with Gasteiger partial charge in [0.2, 0.25) is 0 Å². The van der Waals surface area contributed by atoms with Crippen molar-refractivity contribution in [3.05, 3.63) is 53.6 Å². The molecule has 0 bridgehead atoms. The number of H-pyrrole nitrogens is 1. The molecule has 0 spiro atoms. The van der Waals surface area contributed by atoms with E-state index in [2.05, 4.69) is 28.7 Å². The van der Waals surface area contributed by atoms with Gasteiger partial charge in [0.1, 0.15) is 11.6 Å². The van der Waals surface area contributed by atoms with E-state index >= 15 is 0 Å². The Bertz CT molecular complexity index is 981. The number of fused-ring (bicyclic) bond motifs is 1. The highest BCUT2D eigenvalue weighted by Gasteiger charge is 2.12. The van der Waals surface area contributed by atoms with Crippen molar-refractivity contribution in [1.29, 1.82) is 0 Å². The van der Waals surface area contributed by atoms with Crippen molar-refractivity contribution in [3.8, 4) is 5.88 Å². The van der Waals surface area contributed by atoms with Crippen LogP contribution in [-0.4, -0.2) is 29.4 Å². The molecule has 3 aromatic rings. The molecular weight excluding hydrogens is 360 g/mol. The molecule has 0 saturated carbocycles. The lowest BCUT2D eigenvalue weighted by Crippen LogP contribution is -2.26. The molecule has 3 rings (SSSR count). The van der Waals surface area contributed by atoms with Crippen LogP contribution < -0.4 is 4.90 Å². The van der Waals surface area contributed by atoms with Crippen LogP contribution in [0.4, 0.5) is 20.2 Å². The van der Waals surface area contributed by atoms with Crippen molar-refractivity contribution in [2.75, 3.05) is 18.0 Å². The summed E-state index contributed by atoms with van der Waals surface area (Å²) in [5.74, 6) is -0.811. The van der Waals surface area contributed by atoms with Gasteiger partial charge in [-0.1, -0.05) is 20.3 Å². The van der Waals surface area contributed by atoms with E-state index in [-0.39, 0.29) is 11.7 Å². The Morgan fingerprint density at radius 2 is 1.89 bits per heavy atom. The first-order chi connectivity index (χ1) is 13.5. The van der Waals surface area contributed by atoms with Gasteiger partial charge in [0, 0.05) is 30.8 Å². The van der Waals surface area contributed by atoms with Crippen LogP contribution >= 0.6 is 0 Å². The van der Waals surface area contributed by atoms with Crippen LogP contribution in [-0.2, 0) is 0 Å². The SMILES string of the molecule is CCCCN(CCC)c1ccc(N=Cc2c(O)[nH]c3cc(F)ccc23)cc1F. The summed E-state index contributed by atoms with van der Waals surface area (Å²) in [4.78, 5) is 9.07. The smallest absolute Gasteiger partial charge is 0.198 e. The molecule has 2 N–H and O–H groups in total. The van der Waals surface area contributed by atoms with E-state index in [1.165, 1.54) is 24.4 Å². The minimum atomic E-state index is -0.394. The van der Waals surface area contributed by atoms with Crippen molar-refractivity contribution in [3.63, 3.8) is 0 Å². The predicted octanol–water partition coefficient (Wildman–Crippen LogP) is 5.92. The maximum absolute atomic E-state index is 14.7. The third-order valence-electron chi connectivity index (χ3n) is 4.67. The molecule has 0 saturated heterocycles. The lowest BCUT2D eigenvalue weighted by atomic mass is 10.2.